The molecule has 0 aromatic rings. The van der Waals surface area contributed by atoms with Crippen LogP contribution in [0, 0.1) is 0 Å². The normalized spacial score (nSPS) is 13.5. The Morgan fingerprint density at radius 1 is 1.40 bits per heavy atom. The molecule has 0 saturated heterocycles. The molecule has 0 bridgehead atoms. The Morgan fingerprint density at radius 2 is 2.00 bits per heavy atom. The Bertz CT molecular complexity index is 186. The number of rotatable bonds is 8. The van der Waals surface area contributed by atoms with Gasteiger partial charge in [-0.25, -0.2) is 0 Å². The van der Waals surface area contributed by atoms with Crippen molar-refractivity contribution in [3.05, 3.63) is 0 Å². The molecule has 3 N–H and O–H groups in total. The largest absolute Gasteiger partial charge is 0.480 e. The van der Waals surface area contributed by atoms with Crippen molar-refractivity contribution in [1.29, 1.82) is 0 Å². The molecule has 1 unspecified atom stereocenters. The number of nitrogens with two attached hydrogens (primary N) is 1. The van der Waals surface area contributed by atoms with Gasteiger partial charge in [0.05, 0.1) is 0 Å². The lowest BCUT2D eigenvalue weighted by Crippen LogP contribution is -2.46. The highest BCUT2D eigenvalue weighted by Gasteiger charge is 2.21. The molecule has 0 heterocycles. The molecule has 0 aliphatic heterocycles. The van der Waals surface area contributed by atoms with Crippen LogP contribution in [0.5, 0.6) is 0 Å². The molecule has 5 nitrogen and oxygen atoms in total. The van der Waals surface area contributed by atoms with Crippen molar-refractivity contribution in [2.45, 2.75) is 19.4 Å². The second-order valence-corrected chi connectivity index (χ2v) is 3.88. The summed E-state index contributed by atoms with van der Waals surface area (Å²) in [4.78, 5) is 14.9. The van der Waals surface area contributed by atoms with E-state index in [0.717, 1.165) is 26.1 Å². The fourth-order valence-electron chi connectivity index (χ4n) is 1.53. The first kappa shape index (κ1) is 14.3. The molecule has 0 aliphatic rings. The van der Waals surface area contributed by atoms with Crippen molar-refractivity contribution in [2.24, 2.45) is 5.73 Å². The zero-order chi connectivity index (χ0) is 11.8. The fraction of sp³-hybridized carbons (Fsp3) is 0.900. The minimum absolute atomic E-state index is 0.172. The van der Waals surface area contributed by atoms with E-state index >= 15 is 0 Å². The van der Waals surface area contributed by atoms with E-state index in [0.29, 0.717) is 0 Å². The van der Waals surface area contributed by atoms with Crippen LogP contribution < -0.4 is 5.73 Å². The van der Waals surface area contributed by atoms with E-state index in [1.165, 1.54) is 0 Å². The van der Waals surface area contributed by atoms with Gasteiger partial charge in [-0.05, 0) is 33.6 Å². The van der Waals surface area contributed by atoms with Crippen molar-refractivity contribution < 1.29 is 9.90 Å². The van der Waals surface area contributed by atoms with E-state index in [9.17, 15) is 4.79 Å². The Kier molecular flexibility index (Phi) is 7.29. The summed E-state index contributed by atoms with van der Waals surface area (Å²) < 4.78 is 0. The molecule has 0 aromatic carbocycles. The standard InChI is InChI=1S/C10H23N3O2/c1-4-13(7-5-6-12(2)3)9(8-11)10(14)15/h9H,4-8,11H2,1-3H3,(H,14,15). The Balaban J connectivity index is 4.04. The van der Waals surface area contributed by atoms with E-state index in [4.69, 9.17) is 10.8 Å². The molecule has 0 fully saturated rings. The van der Waals surface area contributed by atoms with E-state index in [-0.39, 0.29) is 6.54 Å². The third-order valence-electron chi connectivity index (χ3n) is 2.41. The molecule has 0 aliphatic carbocycles. The minimum Gasteiger partial charge on any atom is -0.480 e. The number of aliphatic carboxylic acids is 1. The van der Waals surface area contributed by atoms with Crippen LogP contribution in [0.25, 0.3) is 0 Å². The van der Waals surface area contributed by atoms with E-state index in [1.54, 1.807) is 0 Å². The average Bonchev–Trinajstić information content (AvgIpc) is 2.15. The second kappa shape index (κ2) is 7.62. The molecule has 0 saturated carbocycles. The van der Waals surface area contributed by atoms with Crippen LogP contribution in [0.15, 0.2) is 0 Å². The van der Waals surface area contributed by atoms with E-state index < -0.39 is 12.0 Å². The summed E-state index contributed by atoms with van der Waals surface area (Å²) in [5, 5.41) is 8.95. The van der Waals surface area contributed by atoms with E-state index in [1.807, 2.05) is 25.9 Å². The van der Waals surface area contributed by atoms with Gasteiger partial charge in [-0.15, -0.1) is 0 Å². The van der Waals surface area contributed by atoms with Gasteiger partial charge < -0.3 is 15.7 Å². The summed E-state index contributed by atoms with van der Waals surface area (Å²) in [6, 6.07) is -0.544. The fourth-order valence-corrected chi connectivity index (χ4v) is 1.53. The van der Waals surface area contributed by atoms with E-state index in [2.05, 4.69) is 4.90 Å². The number of nitrogens with zero attached hydrogens (tertiary/aromatic N) is 2. The van der Waals surface area contributed by atoms with Gasteiger partial charge in [-0.3, -0.25) is 9.69 Å². The molecule has 5 heteroatoms. The Morgan fingerprint density at radius 3 is 2.33 bits per heavy atom. The lowest BCUT2D eigenvalue weighted by Gasteiger charge is -2.26. The first-order chi connectivity index (χ1) is 7.02. The van der Waals surface area contributed by atoms with Gasteiger partial charge in [0.1, 0.15) is 6.04 Å². The maximum Gasteiger partial charge on any atom is 0.322 e. The molecular formula is C10H23N3O2. The zero-order valence-corrected chi connectivity index (χ0v) is 9.94. The third-order valence-corrected chi connectivity index (χ3v) is 2.41. The quantitative estimate of drug-likeness (QED) is 0.583. The summed E-state index contributed by atoms with van der Waals surface area (Å²) in [5.41, 5.74) is 5.45. The highest BCUT2D eigenvalue weighted by atomic mass is 16.4. The van der Waals surface area contributed by atoms with Gasteiger partial charge in [0.25, 0.3) is 0 Å². The van der Waals surface area contributed by atoms with Crippen LogP contribution in [0.3, 0.4) is 0 Å². The van der Waals surface area contributed by atoms with Crippen LogP contribution in [-0.2, 0) is 4.79 Å². The van der Waals surface area contributed by atoms with Crippen LogP contribution in [0.2, 0.25) is 0 Å². The highest BCUT2D eigenvalue weighted by Crippen LogP contribution is 2.00. The minimum atomic E-state index is -0.829. The molecule has 15 heavy (non-hydrogen) atoms. The predicted molar refractivity (Wildman–Crippen MR) is 60.9 cm³/mol. The highest BCUT2D eigenvalue weighted by molar-refractivity contribution is 5.73. The second-order valence-electron chi connectivity index (χ2n) is 3.88. The first-order valence-corrected chi connectivity index (χ1v) is 5.34. The van der Waals surface area contributed by atoms with Crippen LogP contribution in [0.1, 0.15) is 13.3 Å². The number of hydrogen-bond acceptors (Lipinski definition) is 4. The number of hydrogen-bond donors (Lipinski definition) is 2. The number of carboxylic acids is 1. The molecule has 0 amide bonds. The number of carboxylic acid groups (broad SMARTS) is 1. The molecule has 90 valence electrons. The number of likely N-dealkylation sites (N-methyl/N-ethyl adjacent to an activating group) is 1. The van der Waals surface area contributed by atoms with Gasteiger partial charge in [0, 0.05) is 13.1 Å². The van der Waals surface area contributed by atoms with Crippen molar-refractivity contribution >= 4 is 5.97 Å². The Labute approximate surface area is 91.8 Å². The third kappa shape index (κ3) is 5.71. The topological polar surface area (TPSA) is 69.8 Å². The van der Waals surface area contributed by atoms with Gasteiger partial charge in [-0.1, -0.05) is 6.92 Å². The van der Waals surface area contributed by atoms with Gasteiger partial charge in [0.2, 0.25) is 0 Å². The lowest BCUT2D eigenvalue weighted by atomic mass is 10.2. The molecular weight excluding hydrogens is 194 g/mol. The first-order valence-electron chi connectivity index (χ1n) is 5.34. The van der Waals surface area contributed by atoms with Crippen LogP contribution in [0.4, 0.5) is 0 Å². The summed E-state index contributed by atoms with van der Waals surface area (Å²) in [6.45, 7) is 4.60. The van der Waals surface area contributed by atoms with Gasteiger partial charge in [-0.2, -0.15) is 0 Å². The lowest BCUT2D eigenvalue weighted by molar-refractivity contribution is -0.142. The molecule has 0 rings (SSSR count). The Hall–Kier alpha value is -0.650. The monoisotopic (exact) mass is 217 g/mol. The van der Waals surface area contributed by atoms with Crippen LogP contribution in [-0.4, -0.2) is 67.2 Å². The zero-order valence-electron chi connectivity index (χ0n) is 9.94. The van der Waals surface area contributed by atoms with Crippen LogP contribution >= 0.6 is 0 Å². The molecule has 1 atom stereocenters. The van der Waals surface area contributed by atoms with Crippen molar-refractivity contribution in [3.8, 4) is 0 Å². The predicted octanol–water partition coefficient (Wildman–Crippen LogP) is -0.328. The maximum atomic E-state index is 10.9. The summed E-state index contributed by atoms with van der Waals surface area (Å²) >= 11 is 0. The average molecular weight is 217 g/mol. The SMILES string of the molecule is CCN(CCCN(C)C)C(CN)C(=O)O. The maximum absolute atomic E-state index is 10.9. The smallest absolute Gasteiger partial charge is 0.322 e. The van der Waals surface area contributed by atoms with Crippen molar-refractivity contribution in [2.75, 3.05) is 40.3 Å². The van der Waals surface area contributed by atoms with Crippen molar-refractivity contribution in [3.63, 3.8) is 0 Å². The molecule has 0 aromatic heterocycles. The number of carbonyl (C=O) groups is 1. The van der Waals surface area contributed by atoms with Gasteiger partial charge >= 0.3 is 5.97 Å². The summed E-state index contributed by atoms with van der Waals surface area (Å²) in [5.74, 6) is -0.829. The molecule has 0 radical (unpaired) electrons. The van der Waals surface area contributed by atoms with Crippen molar-refractivity contribution in [1.82, 2.24) is 9.80 Å². The summed E-state index contributed by atoms with van der Waals surface area (Å²) in [7, 11) is 4.02. The summed E-state index contributed by atoms with van der Waals surface area (Å²) in [6.07, 6.45) is 0.963. The van der Waals surface area contributed by atoms with Gasteiger partial charge in [0.15, 0.2) is 0 Å². The molecule has 0 spiro atoms.